The van der Waals surface area contributed by atoms with Crippen LogP contribution in [0.15, 0.2) is 65.6 Å². The number of carbonyl (C=O) groups excluding carboxylic acids is 2. The molecule has 0 saturated carbocycles. The summed E-state index contributed by atoms with van der Waals surface area (Å²) in [5.74, 6) is 0.0681. The average Bonchev–Trinajstić information content (AvgIpc) is 3.13. The Hall–Kier alpha value is -3.49. The number of rotatable bonds is 6. The fourth-order valence-corrected chi connectivity index (χ4v) is 5.14. The lowest BCUT2D eigenvalue weighted by molar-refractivity contribution is -0.113. The molecule has 0 bridgehead atoms. The predicted octanol–water partition coefficient (Wildman–Crippen LogP) is 6.92. The molecule has 1 saturated heterocycles. The molecule has 0 atom stereocenters. The van der Waals surface area contributed by atoms with Crippen LogP contribution in [0, 0.1) is 12.7 Å². The standard InChI is InChI=1S/C28H25FN2O3S2/c1-16(2)23-14-19(17(3)12-24(23)34-4)15-25-27(33)31(28(35)36-25)22-7-5-6-18(13-22)26(32)30-21-10-8-20(29)9-11-21/h5-16H,1-4H3,(H,30,32)/b25-15+. The van der Waals surface area contributed by atoms with Gasteiger partial charge in [0, 0.05) is 11.3 Å². The fourth-order valence-electron chi connectivity index (χ4n) is 3.85. The van der Waals surface area contributed by atoms with Gasteiger partial charge < -0.3 is 10.1 Å². The maximum Gasteiger partial charge on any atom is 0.270 e. The minimum Gasteiger partial charge on any atom is -0.496 e. The molecule has 1 aliphatic heterocycles. The smallest absolute Gasteiger partial charge is 0.270 e. The van der Waals surface area contributed by atoms with Crippen molar-refractivity contribution >= 4 is 57.6 Å². The molecule has 5 nitrogen and oxygen atoms in total. The molecule has 184 valence electrons. The highest BCUT2D eigenvalue weighted by Crippen LogP contribution is 2.38. The van der Waals surface area contributed by atoms with Crippen molar-refractivity contribution in [3.05, 3.63) is 93.6 Å². The molecule has 1 N–H and O–H groups in total. The average molecular weight is 521 g/mol. The predicted molar refractivity (Wildman–Crippen MR) is 148 cm³/mol. The van der Waals surface area contributed by atoms with Crippen molar-refractivity contribution in [2.45, 2.75) is 26.7 Å². The number of hydrogen-bond acceptors (Lipinski definition) is 5. The lowest BCUT2D eigenvalue weighted by atomic mass is 9.96. The van der Waals surface area contributed by atoms with E-state index in [2.05, 4.69) is 19.2 Å². The highest BCUT2D eigenvalue weighted by Gasteiger charge is 2.33. The highest BCUT2D eigenvalue weighted by atomic mass is 32.2. The van der Waals surface area contributed by atoms with Crippen molar-refractivity contribution in [2.75, 3.05) is 17.3 Å². The van der Waals surface area contributed by atoms with Crippen molar-refractivity contribution in [1.29, 1.82) is 0 Å². The van der Waals surface area contributed by atoms with E-state index in [1.807, 2.05) is 25.1 Å². The van der Waals surface area contributed by atoms with Gasteiger partial charge in [0.05, 0.1) is 17.7 Å². The minimum atomic E-state index is -0.386. The van der Waals surface area contributed by atoms with Crippen LogP contribution in [0.3, 0.4) is 0 Å². The third kappa shape index (κ3) is 5.34. The van der Waals surface area contributed by atoms with Gasteiger partial charge in [-0.1, -0.05) is 43.9 Å². The molecule has 1 heterocycles. The lowest BCUT2D eigenvalue weighted by Gasteiger charge is -2.16. The van der Waals surface area contributed by atoms with Crippen LogP contribution in [0.25, 0.3) is 6.08 Å². The van der Waals surface area contributed by atoms with Gasteiger partial charge in [-0.3, -0.25) is 14.5 Å². The number of nitrogens with one attached hydrogen (secondary N) is 1. The zero-order valence-electron chi connectivity index (χ0n) is 20.3. The molecule has 0 radical (unpaired) electrons. The molecule has 0 unspecified atom stereocenters. The fraction of sp³-hybridized carbons (Fsp3) is 0.179. The number of carbonyl (C=O) groups is 2. The van der Waals surface area contributed by atoms with Crippen LogP contribution in [0.1, 0.15) is 46.8 Å². The number of amides is 2. The first kappa shape index (κ1) is 25.6. The van der Waals surface area contributed by atoms with E-state index in [4.69, 9.17) is 17.0 Å². The van der Waals surface area contributed by atoms with Gasteiger partial charge in [-0.25, -0.2) is 4.39 Å². The van der Waals surface area contributed by atoms with Crippen LogP contribution in [0.4, 0.5) is 15.8 Å². The zero-order valence-corrected chi connectivity index (χ0v) is 21.9. The molecule has 0 aromatic heterocycles. The second-order valence-electron chi connectivity index (χ2n) is 8.63. The van der Waals surface area contributed by atoms with Gasteiger partial charge >= 0.3 is 0 Å². The molecule has 1 aliphatic rings. The normalized spacial score (nSPS) is 14.6. The van der Waals surface area contributed by atoms with E-state index in [-0.39, 0.29) is 23.5 Å². The molecule has 2 amide bonds. The van der Waals surface area contributed by atoms with Gasteiger partial charge in [0.1, 0.15) is 11.6 Å². The maximum atomic E-state index is 13.4. The SMILES string of the molecule is COc1cc(C)c(/C=C2/SC(=S)N(c3cccc(C(=O)Nc4ccc(F)cc4)c3)C2=O)cc1C(C)C. The summed E-state index contributed by atoms with van der Waals surface area (Å²) in [6, 6.07) is 16.2. The second kappa shape index (κ2) is 10.6. The lowest BCUT2D eigenvalue weighted by Crippen LogP contribution is -2.27. The van der Waals surface area contributed by atoms with Gasteiger partial charge in [0.2, 0.25) is 0 Å². The molecule has 0 spiro atoms. The molecule has 0 aliphatic carbocycles. The molecule has 1 fully saturated rings. The summed E-state index contributed by atoms with van der Waals surface area (Å²) in [5, 5.41) is 2.73. The number of methoxy groups -OCH3 is 1. The number of ether oxygens (including phenoxy) is 1. The van der Waals surface area contributed by atoms with Crippen LogP contribution in [-0.2, 0) is 4.79 Å². The molecular weight excluding hydrogens is 495 g/mol. The Kier molecular flexibility index (Phi) is 7.56. The van der Waals surface area contributed by atoms with Crippen LogP contribution in [0.2, 0.25) is 0 Å². The Balaban J connectivity index is 1.60. The van der Waals surface area contributed by atoms with Crippen molar-refractivity contribution in [1.82, 2.24) is 0 Å². The van der Waals surface area contributed by atoms with Crippen LogP contribution in [-0.4, -0.2) is 23.2 Å². The third-order valence-corrected chi connectivity index (χ3v) is 7.09. The summed E-state index contributed by atoms with van der Waals surface area (Å²) in [4.78, 5) is 28.0. The van der Waals surface area contributed by atoms with Gasteiger partial charge in [-0.2, -0.15) is 0 Å². The number of hydrogen-bond donors (Lipinski definition) is 1. The first-order chi connectivity index (χ1) is 17.2. The second-order valence-corrected chi connectivity index (χ2v) is 10.3. The highest BCUT2D eigenvalue weighted by molar-refractivity contribution is 8.27. The Labute approximate surface area is 219 Å². The van der Waals surface area contributed by atoms with E-state index in [9.17, 15) is 14.0 Å². The number of thioether (sulfide) groups is 1. The van der Waals surface area contributed by atoms with Crippen LogP contribution in [0.5, 0.6) is 5.75 Å². The Morgan fingerprint density at radius 3 is 2.53 bits per heavy atom. The van der Waals surface area contributed by atoms with E-state index < -0.39 is 0 Å². The van der Waals surface area contributed by atoms with E-state index in [0.29, 0.717) is 26.2 Å². The van der Waals surface area contributed by atoms with Crippen molar-refractivity contribution in [3.63, 3.8) is 0 Å². The van der Waals surface area contributed by atoms with E-state index in [1.54, 1.807) is 31.4 Å². The summed E-state index contributed by atoms with van der Waals surface area (Å²) in [5.41, 5.74) is 4.29. The van der Waals surface area contributed by atoms with Crippen molar-refractivity contribution in [3.8, 4) is 5.75 Å². The Morgan fingerprint density at radius 1 is 1.14 bits per heavy atom. The quantitative estimate of drug-likeness (QED) is 0.282. The molecule has 36 heavy (non-hydrogen) atoms. The number of benzene rings is 3. The Bertz CT molecular complexity index is 1380. The molecule has 4 rings (SSSR count). The zero-order chi connectivity index (χ0) is 26.0. The van der Waals surface area contributed by atoms with Crippen molar-refractivity contribution in [2.24, 2.45) is 0 Å². The largest absolute Gasteiger partial charge is 0.496 e. The number of thiocarbonyl (C=S) groups is 1. The van der Waals surface area contributed by atoms with E-state index >= 15 is 0 Å². The van der Waals surface area contributed by atoms with Gasteiger partial charge in [-0.15, -0.1) is 0 Å². The van der Waals surface area contributed by atoms with Crippen molar-refractivity contribution < 1.29 is 18.7 Å². The molecular formula is C28H25FN2O3S2. The van der Waals surface area contributed by atoms with E-state index in [1.165, 1.54) is 40.9 Å². The van der Waals surface area contributed by atoms with Gasteiger partial charge in [-0.05, 0) is 90.2 Å². The summed E-state index contributed by atoms with van der Waals surface area (Å²) in [6.07, 6.45) is 1.85. The number of anilines is 2. The number of aryl methyl sites for hydroxylation is 1. The van der Waals surface area contributed by atoms with Gasteiger partial charge in [0.15, 0.2) is 4.32 Å². The third-order valence-electron chi connectivity index (χ3n) is 5.79. The molecule has 3 aromatic carbocycles. The molecule has 3 aromatic rings. The summed E-state index contributed by atoms with van der Waals surface area (Å²) < 4.78 is 19.1. The number of halogens is 1. The molecule has 8 heteroatoms. The summed E-state index contributed by atoms with van der Waals surface area (Å²) >= 11 is 6.75. The maximum absolute atomic E-state index is 13.4. The van der Waals surface area contributed by atoms with E-state index in [0.717, 1.165) is 22.4 Å². The summed E-state index contributed by atoms with van der Waals surface area (Å²) in [7, 11) is 1.65. The topological polar surface area (TPSA) is 58.6 Å². The first-order valence-corrected chi connectivity index (χ1v) is 12.5. The number of nitrogens with zero attached hydrogens (tertiary/aromatic N) is 1. The minimum absolute atomic E-state index is 0.248. The first-order valence-electron chi connectivity index (χ1n) is 11.3. The van der Waals surface area contributed by atoms with Crippen LogP contribution < -0.4 is 15.0 Å². The monoisotopic (exact) mass is 520 g/mol. The van der Waals surface area contributed by atoms with Gasteiger partial charge in [0.25, 0.3) is 11.8 Å². The summed E-state index contributed by atoms with van der Waals surface area (Å²) in [6.45, 7) is 6.16. The van der Waals surface area contributed by atoms with Crippen LogP contribution >= 0.6 is 24.0 Å². The Morgan fingerprint density at radius 2 is 1.86 bits per heavy atom.